The maximum atomic E-state index is 4.93. The Balaban J connectivity index is 1.23. The third kappa shape index (κ3) is 5.38. The van der Waals surface area contributed by atoms with Crippen LogP contribution < -0.4 is 0 Å². The summed E-state index contributed by atoms with van der Waals surface area (Å²) in [6, 6.07) is 53.2. The van der Waals surface area contributed by atoms with Crippen molar-refractivity contribution in [3.8, 4) is 51.0 Å². The zero-order valence-electron chi connectivity index (χ0n) is 26.7. The topological polar surface area (TPSA) is 43.6 Å². The Morgan fingerprint density at radius 1 is 0.404 bits per heavy atom. The molecule has 0 radical (unpaired) electrons. The molecule has 0 fully saturated rings. The fourth-order valence-corrected chi connectivity index (χ4v) is 6.29. The summed E-state index contributed by atoms with van der Waals surface area (Å²) in [5, 5.41) is 2.47. The molecule has 2 aromatic heterocycles. The quantitative estimate of drug-likeness (QED) is 0.196. The number of fused-ring (bicyclic) bond motifs is 3. The zero-order valence-corrected chi connectivity index (χ0v) is 26.7. The Hall–Kier alpha value is -5.87. The normalized spacial score (nSPS) is 11.7. The Morgan fingerprint density at radius 3 is 1.45 bits per heavy atom. The van der Waals surface area contributed by atoms with E-state index < -0.39 is 0 Å². The minimum absolute atomic E-state index is 0.120. The maximum absolute atomic E-state index is 4.93. The number of hydrogen-bond acceptors (Lipinski definition) is 3. The van der Waals surface area contributed by atoms with Crippen molar-refractivity contribution < 1.29 is 0 Å². The van der Waals surface area contributed by atoms with Crippen molar-refractivity contribution in [3.63, 3.8) is 0 Å². The minimum Gasteiger partial charge on any atom is -0.309 e. The third-order valence-corrected chi connectivity index (χ3v) is 8.84. The highest BCUT2D eigenvalue weighted by Gasteiger charge is 2.17. The van der Waals surface area contributed by atoms with E-state index in [0.717, 1.165) is 22.4 Å². The van der Waals surface area contributed by atoms with Gasteiger partial charge in [-0.15, -0.1) is 0 Å². The fraction of sp³-hybridized carbons (Fsp3) is 0.0930. The van der Waals surface area contributed by atoms with Crippen molar-refractivity contribution in [2.45, 2.75) is 26.2 Å². The number of aromatic nitrogens is 4. The third-order valence-electron chi connectivity index (χ3n) is 8.84. The Kier molecular flexibility index (Phi) is 6.99. The molecule has 0 saturated heterocycles. The lowest BCUT2D eigenvalue weighted by Crippen LogP contribution is -2.10. The highest BCUT2D eigenvalue weighted by molar-refractivity contribution is 6.10. The van der Waals surface area contributed by atoms with E-state index >= 15 is 0 Å². The van der Waals surface area contributed by atoms with Gasteiger partial charge in [0.15, 0.2) is 17.5 Å². The summed E-state index contributed by atoms with van der Waals surface area (Å²) >= 11 is 0. The van der Waals surface area contributed by atoms with Crippen molar-refractivity contribution in [3.05, 3.63) is 157 Å². The Morgan fingerprint density at radius 2 is 0.872 bits per heavy atom. The van der Waals surface area contributed by atoms with Gasteiger partial charge < -0.3 is 4.57 Å². The number of benzene rings is 6. The molecule has 0 aliphatic rings. The van der Waals surface area contributed by atoms with Crippen LogP contribution in [0.4, 0.5) is 0 Å². The lowest BCUT2D eigenvalue weighted by molar-refractivity contribution is 0.590. The predicted molar refractivity (Wildman–Crippen MR) is 195 cm³/mol. The number of nitrogens with zero attached hydrogens (tertiary/aromatic N) is 4. The van der Waals surface area contributed by atoms with Crippen LogP contribution in [0.15, 0.2) is 152 Å². The van der Waals surface area contributed by atoms with Gasteiger partial charge in [0.25, 0.3) is 0 Å². The molecular formula is C43H34N4. The van der Waals surface area contributed by atoms with E-state index in [1.165, 1.54) is 38.5 Å². The first-order valence-corrected chi connectivity index (χ1v) is 16.0. The van der Waals surface area contributed by atoms with Crippen LogP contribution in [0.2, 0.25) is 0 Å². The molecule has 0 atom stereocenters. The molecule has 0 bridgehead atoms. The fourth-order valence-electron chi connectivity index (χ4n) is 6.29. The van der Waals surface area contributed by atoms with E-state index in [2.05, 4.69) is 116 Å². The monoisotopic (exact) mass is 606 g/mol. The van der Waals surface area contributed by atoms with Crippen LogP contribution in [0.5, 0.6) is 0 Å². The molecule has 0 amide bonds. The summed E-state index contributed by atoms with van der Waals surface area (Å²) in [7, 11) is 0. The largest absolute Gasteiger partial charge is 0.309 e. The summed E-state index contributed by atoms with van der Waals surface area (Å²) in [4.78, 5) is 14.7. The SMILES string of the molecule is CC(C)(C)c1ccc(-c2ccc3c4ccccc4n(-c4ccc(-c5nc(-c6ccccc6)nc(-c6ccccc6)n5)cc4)c3c2)cc1. The summed E-state index contributed by atoms with van der Waals surface area (Å²) in [6.07, 6.45) is 0. The van der Waals surface area contributed by atoms with Crippen LogP contribution in [0.3, 0.4) is 0 Å². The van der Waals surface area contributed by atoms with Gasteiger partial charge in [0.1, 0.15) is 0 Å². The first-order valence-electron chi connectivity index (χ1n) is 16.0. The summed E-state index contributed by atoms with van der Waals surface area (Å²) in [6.45, 7) is 6.76. The number of hydrogen-bond donors (Lipinski definition) is 0. The standard InChI is InChI=1S/C43H34N4/c1-43(2,3)34-23-18-29(19-24-34)33-22-27-37-36-16-10-11-17-38(36)47(39(37)28-33)35-25-20-32(21-26-35)42-45-40(30-12-6-4-7-13-30)44-41(46-42)31-14-8-5-9-15-31/h4-28H,1-3H3. The molecule has 226 valence electrons. The van der Waals surface area contributed by atoms with Gasteiger partial charge in [-0.25, -0.2) is 15.0 Å². The van der Waals surface area contributed by atoms with Crippen LogP contribution in [0.1, 0.15) is 26.3 Å². The molecule has 4 nitrogen and oxygen atoms in total. The molecule has 4 heteroatoms. The molecular weight excluding hydrogens is 573 g/mol. The smallest absolute Gasteiger partial charge is 0.164 e. The van der Waals surface area contributed by atoms with E-state index in [0.29, 0.717) is 17.5 Å². The summed E-state index contributed by atoms with van der Waals surface area (Å²) in [5.41, 5.74) is 10.2. The van der Waals surface area contributed by atoms with Gasteiger partial charge in [-0.2, -0.15) is 0 Å². The molecule has 2 heterocycles. The molecule has 6 aromatic carbocycles. The van der Waals surface area contributed by atoms with Gasteiger partial charge in [0.05, 0.1) is 11.0 Å². The minimum atomic E-state index is 0.120. The maximum Gasteiger partial charge on any atom is 0.164 e. The van der Waals surface area contributed by atoms with E-state index in [9.17, 15) is 0 Å². The average Bonchev–Trinajstić information content (AvgIpc) is 3.45. The molecule has 0 spiro atoms. The van der Waals surface area contributed by atoms with Crippen molar-refractivity contribution >= 4 is 21.8 Å². The van der Waals surface area contributed by atoms with Gasteiger partial charge in [-0.05, 0) is 58.5 Å². The molecule has 0 unspecified atom stereocenters. The number of para-hydroxylation sites is 1. The molecule has 0 saturated carbocycles. The van der Waals surface area contributed by atoms with Gasteiger partial charge in [-0.3, -0.25) is 0 Å². The van der Waals surface area contributed by atoms with E-state index in [1.807, 2.05) is 60.7 Å². The second kappa shape index (κ2) is 11.5. The predicted octanol–water partition coefficient (Wildman–Crippen LogP) is 10.9. The lowest BCUT2D eigenvalue weighted by atomic mass is 9.86. The van der Waals surface area contributed by atoms with Crippen LogP contribution in [0, 0.1) is 0 Å². The van der Waals surface area contributed by atoms with E-state index in [4.69, 9.17) is 15.0 Å². The van der Waals surface area contributed by atoms with Crippen molar-refractivity contribution in [1.29, 1.82) is 0 Å². The van der Waals surface area contributed by atoms with Gasteiger partial charge in [0.2, 0.25) is 0 Å². The first-order chi connectivity index (χ1) is 22.9. The van der Waals surface area contributed by atoms with Crippen molar-refractivity contribution in [2.24, 2.45) is 0 Å². The highest BCUT2D eigenvalue weighted by Crippen LogP contribution is 2.36. The molecule has 8 aromatic rings. The van der Waals surface area contributed by atoms with Gasteiger partial charge in [-0.1, -0.05) is 136 Å². The second-order valence-electron chi connectivity index (χ2n) is 13.0. The summed E-state index contributed by atoms with van der Waals surface area (Å²) < 4.78 is 2.36. The lowest BCUT2D eigenvalue weighted by Gasteiger charge is -2.19. The zero-order chi connectivity index (χ0) is 32.0. The summed E-state index contributed by atoms with van der Waals surface area (Å²) in [5.74, 6) is 1.96. The highest BCUT2D eigenvalue weighted by atomic mass is 15.0. The van der Waals surface area contributed by atoms with E-state index in [1.54, 1.807) is 0 Å². The molecule has 0 N–H and O–H groups in total. The van der Waals surface area contributed by atoms with Crippen molar-refractivity contribution in [1.82, 2.24) is 19.5 Å². The average molecular weight is 607 g/mol. The van der Waals surface area contributed by atoms with Crippen LogP contribution >= 0.6 is 0 Å². The van der Waals surface area contributed by atoms with E-state index in [-0.39, 0.29) is 5.41 Å². The molecule has 0 aliphatic carbocycles. The van der Waals surface area contributed by atoms with Crippen LogP contribution in [-0.4, -0.2) is 19.5 Å². The van der Waals surface area contributed by atoms with Crippen LogP contribution in [-0.2, 0) is 5.41 Å². The van der Waals surface area contributed by atoms with Crippen molar-refractivity contribution in [2.75, 3.05) is 0 Å². The Labute approximate surface area is 275 Å². The number of rotatable bonds is 5. The van der Waals surface area contributed by atoms with Gasteiger partial charge in [0, 0.05) is 33.2 Å². The second-order valence-corrected chi connectivity index (χ2v) is 13.0. The van der Waals surface area contributed by atoms with Gasteiger partial charge >= 0.3 is 0 Å². The first kappa shape index (κ1) is 28.6. The molecule has 0 aliphatic heterocycles. The Bertz CT molecular complexity index is 2290. The molecule has 47 heavy (non-hydrogen) atoms. The van der Waals surface area contributed by atoms with Crippen LogP contribution in [0.25, 0.3) is 72.8 Å². The molecule has 8 rings (SSSR count).